The number of rotatable bonds is 7. The molecule has 0 bridgehead atoms. The summed E-state index contributed by atoms with van der Waals surface area (Å²) in [6.07, 6.45) is 3.36. The first-order valence-corrected chi connectivity index (χ1v) is 10.6. The lowest BCUT2D eigenvalue weighted by Gasteiger charge is -2.15. The highest BCUT2D eigenvalue weighted by Gasteiger charge is 2.23. The number of halogens is 1. The Morgan fingerprint density at radius 1 is 1.21 bits per heavy atom. The molecule has 0 aliphatic rings. The van der Waals surface area contributed by atoms with Crippen LogP contribution in [0.1, 0.15) is 15.9 Å². The standard InChI is InChI=1S/C19H18BrN3O5S/c1-22(27-2)29(25,26)16-8-9-18(20)17(10-16)19(24)28-13-14-11-21-23(12-14)15-6-4-3-5-7-15/h3-12H,13H2,1-2H3. The Labute approximate surface area is 176 Å². The Balaban J connectivity index is 1.75. The first-order valence-electron chi connectivity index (χ1n) is 8.41. The van der Waals surface area contributed by atoms with Gasteiger partial charge < -0.3 is 4.74 Å². The predicted octanol–water partition coefficient (Wildman–Crippen LogP) is 3.17. The largest absolute Gasteiger partial charge is 0.457 e. The third-order valence-electron chi connectivity index (χ3n) is 4.08. The number of hydroxylamine groups is 1. The maximum absolute atomic E-state index is 12.5. The minimum atomic E-state index is -3.89. The first kappa shape index (κ1) is 21.2. The molecule has 8 nitrogen and oxygen atoms in total. The van der Waals surface area contributed by atoms with E-state index in [-0.39, 0.29) is 17.1 Å². The number of ether oxygens (including phenoxy) is 1. The highest BCUT2D eigenvalue weighted by molar-refractivity contribution is 9.10. The van der Waals surface area contributed by atoms with E-state index in [4.69, 9.17) is 9.57 Å². The smallest absolute Gasteiger partial charge is 0.339 e. The molecule has 3 aromatic rings. The van der Waals surface area contributed by atoms with E-state index in [1.165, 1.54) is 32.4 Å². The molecule has 0 aliphatic heterocycles. The Bertz CT molecular complexity index is 1120. The molecule has 0 unspecified atom stereocenters. The zero-order valence-corrected chi connectivity index (χ0v) is 18.1. The fourth-order valence-electron chi connectivity index (χ4n) is 2.45. The van der Waals surface area contributed by atoms with Crippen LogP contribution in [0.3, 0.4) is 0 Å². The van der Waals surface area contributed by atoms with E-state index in [0.29, 0.717) is 14.5 Å². The fourth-order valence-corrected chi connectivity index (χ4v) is 3.86. The molecular formula is C19H18BrN3O5S. The monoisotopic (exact) mass is 479 g/mol. The molecule has 0 aliphatic carbocycles. The van der Waals surface area contributed by atoms with Crippen LogP contribution in [0.2, 0.25) is 0 Å². The van der Waals surface area contributed by atoms with E-state index < -0.39 is 16.0 Å². The molecule has 0 amide bonds. The number of para-hydroxylation sites is 1. The molecular weight excluding hydrogens is 462 g/mol. The van der Waals surface area contributed by atoms with Crippen molar-refractivity contribution >= 4 is 31.9 Å². The average molecular weight is 480 g/mol. The number of sulfonamides is 1. The van der Waals surface area contributed by atoms with Crippen molar-refractivity contribution in [3.05, 3.63) is 76.5 Å². The summed E-state index contributed by atoms with van der Waals surface area (Å²) >= 11 is 3.26. The van der Waals surface area contributed by atoms with Crippen LogP contribution in [-0.4, -0.2) is 42.8 Å². The molecule has 0 spiro atoms. The fraction of sp³-hybridized carbons (Fsp3) is 0.158. The Morgan fingerprint density at radius 2 is 1.93 bits per heavy atom. The van der Waals surface area contributed by atoms with Crippen LogP contribution in [0.15, 0.2) is 70.3 Å². The van der Waals surface area contributed by atoms with E-state index in [1.807, 2.05) is 30.3 Å². The van der Waals surface area contributed by atoms with Crippen LogP contribution in [-0.2, 0) is 26.2 Å². The highest BCUT2D eigenvalue weighted by Crippen LogP contribution is 2.24. The second-order valence-electron chi connectivity index (χ2n) is 5.94. The maximum Gasteiger partial charge on any atom is 0.339 e. The van der Waals surface area contributed by atoms with Crippen LogP contribution in [0.4, 0.5) is 0 Å². The molecule has 0 saturated carbocycles. The van der Waals surface area contributed by atoms with Gasteiger partial charge in [-0.25, -0.2) is 17.9 Å². The van der Waals surface area contributed by atoms with Gasteiger partial charge in [-0.1, -0.05) is 22.7 Å². The summed E-state index contributed by atoms with van der Waals surface area (Å²) in [6, 6.07) is 13.6. The van der Waals surface area contributed by atoms with Gasteiger partial charge in [-0.3, -0.25) is 4.84 Å². The van der Waals surface area contributed by atoms with Gasteiger partial charge in [-0.15, -0.1) is 0 Å². The molecule has 29 heavy (non-hydrogen) atoms. The zero-order chi connectivity index (χ0) is 21.0. The van der Waals surface area contributed by atoms with Crippen molar-refractivity contribution < 1.29 is 22.8 Å². The Kier molecular flexibility index (Phi) is 6.48. The minimum Gasteiger partial charge on any atom is -0.457 e. The van der Waals surface area contributed by atoms with Crippen molar-refractivity contribution in [3.8, 4) is 5.69 Å². The van der Waals surface area contributed by atoms with E-state index in [2.05, 4.69) is 21.0 Å². The summed E-state index contributed by atoms with van der Waals surface area (Å²) < 4.78 is 32.9. The summed E-state index contributed by atoms with van der Waals surface area (Å²) in [4.78, 5) is 17.2. The molecule has 2 aromatic carbocycles. The van der Waals surface area contributed by atoms with Crippen molar-refractivity contribution in [1.82, 2.24) is 14.2 Å². The van der Waals surface area contributed by atoms with Crippen molar-refractivity contribution in [2.45, 2.75) is 11.5 Å². The summed E-state index contributed by atoms with van der Waals surface area (Å²) in [5.41, 5.74) is 1.67. The summed E-state index contributed by atoms with van der Waals surface area (Å²) in [7, 11) is -1.39. The number of esters is 1. The number of aromatic nitrogens is 2. The first-order chi connectivity index (χ1) is 13.8. The van der Waals surface area contributed by atoms with Gasteiger partial charge in [0, 0.05) is 23.3 Å². The van der Waals surface area contributed by atoms with Gasteiger partial charge >= 0.3 is 5.97 Å². The number of hydrogen-bond donors (Lipinski definition) is 0. The summed E-state index contributed by atoms with van der Waals surface area (Å²) in [5.74, 6) is -0.665. The average Bonchev–Trinajstić information content (AvgIpc) is 3.21. The predicted molar refractivity (Wildman–Crippen MR) is 109 cm³/mol. The molecule has 152 valence electrons. The molecule has 1 heterocycles. The molecule has 0 radical (unpaired) electrons. The summed E-state index contributed by atoms with van der Waals surface area (Å²) in [5, 5.41) is 4.25. The minimum absolute atomic E-state index is 0.00689. The molecule has 0 saturated heterocycles. The maximum atomic E-state index is 12.5. The quantitative estimate of drug-likeness (QED) is 0.381. The van der Waals surface area contributed by atoms with Gasteiger partial charge in [0.1, 0.15) is 6.61 Å². The molecule has 10 heteroatoms. The number of carbonyl (C=O) groups excluding carboxylic acids is 1. The molecule has 0 atom stereocenters. The summed E-state index contributed by atoms with van der Waals surface area (Å²) in [6.45, 7) is -0.00689. The second-order valence-corrected chi connectivity index (χ2v) is 8.73. The van der Waals surface area contributed by atoms with Crippen molar-refractivity contribution in [1.29, 1.82) is 0 Å². The topological polar surface area (TPSA) is 90.7 Å². The number of hydrogen-bond acceptors (Lipinski definition) is 6. The zero-order valence-electron chi connectivity index (χ0n) is 15.6. The lowest BCUT2D eigenvalue weighted by Crippen LogP contribution is -2.26. The molecule has 0 fully saturated rings. The van der Waals surface area contributed by atoms with Crippen LogP contribution < -0.4 is 0 Å². The molecule has 3 rings (SSSR count). The van der Waals surface area contributed by atoms with E-state index in [9.17, 15) is 13.2 Å². The van der Waals surface area contributed by atoms with Crippen LogP contribution in [0.5, 0.6) is 0 Å². The van der Waals surface area contributed by atoms with Gasteiger partial charge in [0.2, 0.25) is 0 Å². The second kappa shape index (κ2) is 8.87. The number of nitrogens with zero attached hydrogens (tertiary/aromatic N) is 3. The van der Waals surface area contributed by atoms with Crippen molar-refractivity contribution in [2.75, 3.05) is 14.2 Å². The van der Waals surface area contributed by atoms with Gasteiger partial charge in [0.05, 0.1) is 29.5 Å². The third kappa shape index (κ3) is 4.73. The van der Waals surface area contributed by atoms with Crippen molar-refractivity contribution in [3.63, 3.8) is 0 Å². The normalized spacial score (nSPS) is 11.6. The van der Waals surface area contributed by atoms with Gasteiger partial charge in [0.15, 0.2) is 0 Å². The van der Waals surface area contributed by atoms with Crippen molar-refractivity contribution in [2.24, 2.45) is 0 Å². The van der Waals surface area contributed by atoms with Crippen LogP contribution in [0.25, 0.3) is 5.69 Å². The number of benzene rings is 2. The van der Waals surface area contributed by atoms with Gasteiger partial charge in [-0.05, 0) is 46.3 Å². The third-order valence-corrected chi connectivity index (χ3v) is 6.45. The Morgan fingerprint density at radius 3 is 2.62 bits per heavy atom. The lowest BCUT2D eigenvalue weighted by atomic mass is 10.2. The van der Waals surface area contributed by atoms with Crippen LogP contribution >= 0.6 is 15.9 Å². The van der Waals surface area contributed by atoms with E-state index in [0.717, 1.165) is 5.69 Å². The van der Waals surface area contributed by atoms with Gasteiger partial charge in [-0.2, -0.15) is 5.10 Å². The van der Waals surface area contributed by atoms with E-state index in [1.54, 1.807) is 17.1 Å². The molecule has 1 aromatic heterocycles. The SMILES string of the molecule is CON(C)S(=O)(=O)c1ccc(Br)c(C(=O)OCc2cnn(-c3ccccc3)c2)c1. The van der Waals surface area contributed by atoms with Crippen LogP contribution in [0, 0.1) is 0 Å². The molecule has 0 N–H and O–H groups in total. The lowest BCUT2D eigenvalue weighted by molar-refractivity contribution is -0.0258. The number of carbonyl (C=O) groups is 1. The van der Waals surface area contributed by atoms with Gasteiger partial charge in [0.25, 0.3) is 10.0 Å². The highest BCUT2D eigenvalue weighted by atomic mass is 79.9. The van der Waals surface area contributed by atoms with E-state index >= 15 is 0 Å². The Hall–Kier alpha value is -2.53.